The first-order chi connectivity index (χ1) is 16.0. The second kappa shape index (κ2) is 9.84. The standard InChI is InChI=1S/C25H28N6O2/c1-17-23(22(32)16-30-11-5-4-6-12-30)24-21(13-18(14-28-24)15-29-25(33)27-3)31(17)20-9-7-19(26-2)8-10-20/h7-10,13-14H,4-6,11-12,15-16H2,1,3H3,(H2,27,29,33). The van der Waals surface area contributed by atoms with Crippen LogP contribution in [0.2, 0.25) is 0 Å². The summed E-state index contributed by atoms with van der Waals surface area (Å²) in [4.78, 5) is 35.4. The maximum absolute atomic E-state index is 13.4. The molecule has 1 aromatic carbocycles. The van der Waals surface area contributed by atoms with Gasteiger partial charge in [0.2, 0.25) is 0 Å². The van der Waals surface area contributed by atoms with Crippen LogP contribution in [0.4, 0.5) is 10.5 Å². The number of urea groups is 1. The summed E-state index contributed by atoms with van der Waals surface area (Å²) >= 11 is 0. The maximum Gasteiger partial charge on any atom is 0.314 e. The summed E-state index contributed by atoms with van der Waals surface area (Å²) in [5.41, 5.74) is 5.18. The Hall–Kier alpha value is -3.70. The van der Waals surface area contributed by atoms with Crippen LogP contribution in [0.3, 0.4) is 0 Å². The average molecular weight is 445 g/mol. The molecular formula is C25H28N6O2. The number of hydrogen-bond donors (Lipinski definition) is 2. The van der Waals surface area contributed by atoms with Gasteiger partial charge in [-0.3, -0.25) is 14.7 Å². The fraction of sp³-hybridized carbons (Fsp3) is 0.360. The van der Waals surface area contributed by atoms with E-state index in [0.29, 0.717) is 29.9 Å². The molecule has 1 saturated heterocycles. The molecule has 0 spiro atoms. The number of pyridine rings is 1. The van der Waals surface area contributed by atoms with Gasteiger partial charge in [0.1, 0.15) is 0 Å². The SMILES string of the molecule is [C-]#[N+]c1ccc(-n2c(C)c(C(=O)CN3CCCCC3)c3ncc(CNC(=O)NC)cc32)cc1. The number of rotatable bonds is 6. The number of carbonyl (C=O) groups is 2. The van der Waals surface area contributed by atoms with E-state index in [1.165, 1.54) is 6.42 Å². The van der Waals surface area contributed by atoms with Crippen molar-refractivity contribution in [2.45, 2.75) is 32.7 Å². The summed E-state index contributed by atoms with van der Waals surface area (Å²) in [6, 6.07) is 9.00. The van der Waals surface area contributed by atoms with Crippen molar-refractivity contribution >= 4 is 28.5 Å². The van der Waals surface area contributed by atoms with Gasteiger partial charge in [0, 0.05) is 31.2 Å². The smallest absolute Gasteiger partial charge is 0.314 e. The molecule has 8 nitrogen and oxygen atoms in total. The molecule has 4 rings (SSSR count). The third-order valence-electron chi connectivity index (χ3n) is 6.11. The van der Waals surface area contributed by atoms with Gasteiger partial charge < -0.3 is 15.2 Å². The Labute approximate surface area is 193 Å². The minimum absolute atomic E-state index is 0.0691. The molecule has 0 saturated carbocycles. The summed E-state index contributed by atoms with van der Waals surface area (Å²) in [6.07, 6.45) is 5.18. The zero-order chi connectivity index (χ0) is 23.4. The Bertz CT molecular complexity index is 1220. The molecule has 8 heteroatoms. The number of hydrogen-bond acceptors (Lipinski definition) is 4. The number of aromatic nitrogens is 2. The number of benzene rings is 1. The highest BCUT2D eigenvalue weighted by molar-refractivity contribution is 6.09. The highest BCUT2D eigenvalue weighted by Crippen LogP contribution is 2.30. The molecule has 2 amide bonds. The lowest BCUT2D eigenvalue weighted by molar-refractivity contribution is 0.0916. The van der Waals surface area contributed by atoms with E-state index in [1.54, 1.807) is 25.4 Å². The monoisotopic (exact) mass is 444 g/mol. The van der Waals surface area contributed by atoms with Crippen LogP contribution in [0, 0.1) is 13.5 Å². The van der Waals surface area contributed by atoms with Crippen LogP contribution in [0.15, 0.2) is 36.5 Å². The summed E-state index contributed by atoms with van der Waals surface area (Å²) in [7, 11) is 1.57. The molecule has 2 aromatic heterocycles. The molecule has 3 aromatic rings. The number of piperidine rings is 1. The molecule has 1 aliphatic rings. The van der Waals surface area contributed by atoms with Crippen molar-refractivity contribution in [1.82, 2.24) is 25.1 Å². The van der Waals surface area contributed by atoms with Crippen LogP contribution >= 0.6 is 0 Å². The van der Waals surface area contributed by atoms with E-state index >= 15 is 0 Å². The van der Waals surface area contributed by atoms with Crippen LogP contribution in [0.1, 0.15) is 40.9 Å². The van der Waals surface area contributed by atoms with Crippen LogP contribution in [0.5, 0.6) is 0 Å². The first kappa shape index (κ1) is 22.5. The minimum Gasteiger partial charge on any atom is -0.341 e. The summed E-state index contributed by atoms with van der Waals surface area (Å²) in [5.74, 6) is 0.0691. The summed E-state index contributed by atoms with van der Waals surface area (Å²) < 4.78 is 2.02. The largest absolute Gasteiger partial charge is 0.341 e. The second-order valence-corrected chi connectivity index (χ2v) is 8.33. The number of carbonyl (C=O) groups excluding carboxylic acids is 2. The van der Waals surface area contributed by atoms with Crippen molar-refractivity contribution in [1.29, 1.82) is 0 Å². The van der Waals surface area contributed by atoms with Crippen molar-refractivity contribution in [3.05, 3.63) is 64.8 Å². The third kappa shape index (κ3) is 4.73. The maximum atomic E-state index is 13.4. The van der Waals surface area contributed by atoms with Crippen molar-refractivity contribution in [2.24, 2.45) is 0 Å². The second-order valence-electron chi connectivity index (χ2n) is 8.33. The molecule has 1 fully saturated rings. The number of nitrogens with one attached hydrogen (secondary N) is 2. The van der Waals surface area contributed by atoms with Crippen LogP contribution in [-0.2, 0) is 6.54 Å². The Morgan fingerprint density at radius 3 is 2.55 bits per heavy atom. The molecule has 0 unspecified atom stereocenters. The Balaban J connectivity index is 1.78. The summed E-state index contributed by atoms with van der Waals surface area (Å²) in [5, 5.41) is 5.32. The molecule has 170 valence electrons. The normalized spacial score (nSPS) is 14.1. The fourth-order valence-electron chi connectivity index (χ4n) is 4.43. The Morgan fingerprint density at radius 1 is 1.15 bits per heavy atom. The van der Waals surface area contributed by atoms with Gasteiger partial charge in [-0.05, 0) is 56.6 Å². The Kier molecular flexibility index (Phi) is 6.71. The predicted molar refractivity (Wildman–Crippen MR) is 128 cm³/mol. The molecule has 2 N–H and O–H groups in total. The third-order valence-corrected chi connectivity index (χ3v) is 6.11. The van der Waals surface area contributed by atoms with E-state index in [4.69, 9.17) is 6.57 Å². The van der Waals surface area contributed by atoms with Gasteiger partial charge in [0.05, 0.1) is 29.7 Å². The van der Waals surface area contributed by atoms with Crippen LogP contribution in [0.25, 0.3) is 21.6 Å². The Morgan fingerprint density at radius 2 is 1.88 bits per heavy atom. The first-order valence-corrected chi connectivity index (χ1v) is 11.2. The minimum atomic E-state index is -0.270. The van der Waals surface area contributed by atoms with E-state index < -0.39 is 0 Å². The van der Waals surface area contributed by atoms with E-state index in [-0.39, 0.29) is 11.8 Å². The van der Waals surface area contributed by atoms with Crippen molar-refractivity contribution in [3.63, 3.8) is 0 Å². The lowest BCUT2D eigenvalue weighted by atomic mass is 10.1. The number of Topliss-reactive ketones (excluding diaryl/α,β-unsaturated/α-hetero) is 1. The van der Waals surface area contributed by atoms with Crippen molar-refractivity contribution in [2.75, 3.05) is 26.7 Å². The fourth-order valence-corrected chi connectivity index (χ4v) is 4.43. The van der Waals surface area contributed by atoms with Crippen LogP contribution in [-0.4, -0.2) is 52.9 Å². The molecule has 0 aliphatic carbocycles. The van der Waals surface area contributed by atoms with E-state index in [9.17, 15) is 9.59 Å². The topological polar surface area (TPSA) is 83.6 Å². The van der Waals surface area contributed by atoms with Gasteiger partial charge in [-0.1, -0.05) is 18.6 Å². The zero-order valence-electron chi connectivity index (χ0n) is 19.0. The van der Waals surface area contributed by atoms with Crippen molar-refractivity contribution < 1.29 is 9.59 Å². The number of nitrogens with zero attached hydrogens (tertiary/aromatic N) is 4. The summed E-state index contributed by atoms with van der Waals surface area (Å²) in [6.45, 7) is 11.8. The van der Waals surface area contributed by atoms with E-state index in [1.807, 2.05) is 29.7 Å². The molecule has 0 atom stereocenters. The lowest BCUT2D eigenvalue weighted by Gasteiger charge is -2.25. The molecule has 0 bridgehead atoms. The quantitative estimate of drug-likeness (QED) is 0.445. The van der Waals surface area contributed by atoms with E-state index in [0.717, 1.165) is 48.4 Å². The van der Waals surface area contributed by atoms with Gasteiger partial charge in [0.25, 0.3) is 0 Å². The lowest BCUT2D eigenvalue weighted by Crippen LogP contribution is -2.34. The molecule has 0 radical (unpaired) electrons. The van der Waals surface area contributed by atoms with Gasteiger partial charge in [-0.15, -0.1) is 0 Å². The average Bonchev–Trinajstić information content (AvgIpc) is 3.14. The van der Waals surface area contributed by atoms with Gasteiger partial charge in [-0.2, -0.15) is 0 Å². The molecule has 33 heavy (non-hydrogen) atoms. The number of ketones is 1. The highest BCUT2D eigenvalue weighted by Gasteiger charge is 2.24. The van der Waals surface area contributed by atoms with Gasteiger partial charge >= 0.3 is 6.03 Å². The van der Waals surface area contributed by atoms with Gasteiger partial charge in [-0.25, -0.2) is 9.64 Å². The predicted octanol–water partition coefficient (Wildman–Crippen LogP) is 3.98. The number of likely N-dealkylation sites (tertiary alicyclic amines) is 1. The zero-order valence-corrected chi connectivity index (χ0v) is 19.0. The van der Waals surface area contributed by atoms with Gasteiger partial charge in [0.15, 0.2) is 11.5 Å². The number of amides is 2. The molecule has 3 heterocycles. The molecule has 1 aliphatic heterocycles. The molecular weight excluding hydrogens is 416 g/mol. The highest BCUT2D eigenvalue weighted by atomic mass is 16.2. The van der Waals surface area contributed by atoms with Crippen molar-refractivity contribution in [3.8, 4) is 5.69 Å². The van der Waals surface area contributed by atoms with Crippen LogP contribution < -0.4 is 10.6 Å². The van der Waals surface area contributed by atoms with E-state index in [2.05, 4.69) is 25.4 Å². The number of fused-ring (bicyclic) bond motifs is 1. The first-order valence-electron chi connectivity index (χ1n) is 11.2.